The van der Waals surface area contributed by atoms with Crippen LogP contribution in [0.3, 0.4) is 0 Å². The number of anilines is 1. The molecule has 0 amide bonds. The molecule has 2 heterocycles. The predicted octanol–water partition coefficient (Wildman–Crippen LogP) is 2.59. The van der Waals surface area contributed by atoms with Gasteiger partial charge in [-0.3, -0.25) is 4.90 Å². The topological polar surface area (TPSA) is 26.7 Å². The lowest BCUT2D eigenvalue weighted by atomic mass is 9.99. The normalized spacial score (nSPS) is 26.6. The Morgan fingerprint density at radius 1 is 1.20 bits per heavy atom. The molecule has 2 fully saturated rings. The summed E-state index contributed by atoms with van der Waals surface area (Å²) in [7, 11) is 2.26. The van der Waals surface area contributed by atoms with Crippen molar-refractivity contribution in [1.29, 1.82) is 0 Å². The Morgan fingerprint density at radius 2 is 1.85 bits per heavy atom. The molecule has 2 bridgehead atoms. The van der Waals surface area contributed by atoms with Crippen molar-refractivity contribution < 1.29 is 5.11 Å². The van der Waals surface area contributed by atoms with Gasteiger partial charge in [0.25, 0.3) is 0 Å². The van der Waals surface area contributed by atoms with Crippen LogP contribution in [0.1, 0.15) is 43.7 Å². The number of rotatable bonds is 3. The number of hydrogen-bond donors (Lipinski definition) is 1. The van der Waals surface area contributed by atoms with E-state index in [1.54, 1.807) is 0 Å². The molecule has 0 radical (unpaired) electrons. The van der Waals surface area contributed by atoms with Crippen LogP contribution in [0, 0.1) is 0 Å². The average Bonchev–Trinajstić information content (AvgIpc) is 2.67. The van der Waals surface area contributed by atoms with Crippen LogP contribution in [0.2, 0.25) is 0 Å². The molecule has 1 N–H and O–H groups in total. The molecule has 0 aromatic heterocycles. The third-order valence-corrected chi connectivity index (χ3v) is 5.13. The van der Waals surface area contributed by atoms with Crippen LogP contribution in [-0.2, 0) is 6.61 Å². The molecule has 3 rings (SSSR count). The van der Waals surface area contributed by atoms with Crippen molar-refractivity contribution in [2.75, 3.05) is 25.0 Å². The second-order valence-electron chi connectivity index (χ2n) is 6.66. The van der Waals surface area contributed by atoms with Gasteiger partial charge in [-0.15, -0.1) is 0 Å². The molecule has 0 saturated carbocycles. The van der Waals surface area contributed by atoms with E-state index in [0.29, 0.717) is 18.0 Å². The lowest BCUT2D eigenvalue weighted by Gasteiger charge is -2.41. The monoisotopic (exact) mass is 274 g/mol. The summed E-state index contributed by atoms with van der Waals surface area (Å²) in [6, 6.07) is 7.99. The molecule has 2 aliphatic heterocycles. The zero-order valence-electron chi connectivity index (χ0n) is 12.8. The summed E-state index contributed by atoms with van der Waals surface area (Å²) in [5.74, 6) is 0.512. The molecule has 110 valence electrons. The quantitative estimate of drug-likeness (QED) is 0.918. The van der Waals surface area contributed by atoms with Gasteiger partial charge in [-0.2, -0.15) is 0 Å². The van der Waals surface area contributed by atoms with E-state index in [4.69, 9.17) is 0 Å². The van der Waals surface area contributed by atoms with E-state index in [-0.39, 0.29) is 6.61 Å². The van der Waals surface area contributed by atoms with E-state index in [1.165, 1.54) is 24.1 Å². The largest absolute Gasteiger partial charge is 0.392 e. The van der Waals surface area contributed by atoms with Crippen molar-refractivity contribution in [3.05, 3.63) is 29.3 Å². The highest BCUT2D eigenvalue weighted by atomic mass is 16.3. The second kappa shape index (κ2) is 5.38. The van der Waals surface area contributed by atoms with E-state index in [9.17, 15) is 5.11 Å². The molecule has 3 nitrogen and oxygen atoms in total. The number of hydrogen-bond acceptors (Lipinski definition) is 3. The molecule has 2 unspecified atom stereocenters. The van der Waals surface area contributed by atoms with Crippen LogP contribution in [0.25, 0.3) is 0 Å². The third-order valence-electron chi connectivity index (χ3n) is 5.13. The molecule has 2 atom stereocenters. The first-order valence-corrected chi connectivity index (χ1v) is 7.80. The van der Waals surface area contributed by atoms with E-state index in [1.807, 2.05) is 0 Å². The van der Waals surface area contributed by atoms with Gasteiger partial charge in [-0.25, -0.2) is 0 Å². The summed E-state index contributed by atoms with van der Waals surface area (Å²) in [6.45, 7) is 6.73. The van der Waals surface area contributed by atoms with Gasteiger partial charge in [-0.1, -0.05) is 26.0 Å². The summed E-state index contributed by atoms with van der Waals surface area (Å²) in [5, 5.41) is 9.72. The fraction of sp³-hybridized carbons (Fsp3) is 0.647. The number of benzene rings is 1. The van der Waals surface area contributed by atoms with E-state index in [0.717, 1.165) is 18.7 Å². The van der Waals surface area contributed by atoms with E-state index >= 15 is 0 Å². The van der Waals surface area contributed by atoms with Crippen LogP contribution >= 0.6 is 0 Å². The average molecular weight is 274 g/mol. The van der Waals surface area contributed by atoms with E-state index < -0.39 is 0 Å². The van der Waals surface area contributed by atoms with Crippen molar-refractivity contribution >= 4 is 5.69 Å². The first kappa shape index (κ1) is 13.9. The Labute approximate surface area is 122 Å². The van der Waals surface area contributed by atoms with Crippen molar-refractivity contribution in [1.82, 2.24) is 4.90 Å². The molecule has 2 saturated heterocycles. The number of piperazine rings is 1. The van der Waals surface area contributed by atoms with Crippen LogP contribution in [0.4, 0.5) is 5.69 Å². The Hall–Kier alpha value is -1.06. The fourth-order valence-corrected chi connectivity index (χ4v) is 3.71. The van der Waals surface area contributed by atoms with Crippen molar-refractivity contribution in [2.24, 2.45) is 0 Å². The predicted molar refractivity (Wildman–Crippen MR) is 83.2 cm³/mol. The number of aliphatic hydroxyl groups excluding tert-OH is 1. The fourth-order valence-electron chi connectivity index (χ4n) is 3.71. The highest BCUT2D eigenvalue weighted by molar-refractivity contribution is 5.56. The maximum atomic E-state index is 9.72. The van der Waals surface area contributed by atoms with Gasteiger partial charge in [0, 0.05) is 36.4 Å². The molecular formula is C17H26N2O. The SMILES string of the molecule is CC(C)c1ccc(N2CC3CCC(C2)N3C)c(CO)c1. The van der Waals surface area contributed by atoms with Gasteiger partial charge in [0.1, 0.15) is 0 Å². The Kier molecular flexibility index (Phi) is 3.74. The second-order valence-corrected chi connectivity index (χ2v) is 6.66. The molecular weight excluding hydrogens is 248 g/mol. The number of likely N-dealkylation sites (N-methyl/N-ethyl adjacent to an activating group) is 1. The van der Waals surface area contributed by atoms with Gasteiger partial charge in [0.2, 0.25) is 0 Å². The highest BCUT2D eigenvalue weighted by Crippen LogP contribution is 2.33. The molecule has 20 heavy (non-hydrogen) atoms. The molecule has 0 aliphatic carbocycles. The molecule has 2 aliphatic rings. The number of fused-ring (bicyclic) bond motifs is 2. The van der Waals surface area contributed by atoms with Gasteiger partial charge < -0.3 is 10.0 Å². The number of aliphatic hydroxyl groups is 1. The zero-order chi connectivity index (χ0) is 14.3. The van der Waals surface area contributed by atoms with Crippen LogP contribution in [-0.4, -0.2) is 42.2 Å². The van der Waals surface area contributed by atoms with Crippen molar-refractivity contribution in [2.45, 2.75) is 51.3 Å². The first-order valence-electron chi connectivity index (χ1n) is 7.80. The Balaban J connectivity index is 1.87. The smallest absolute Gasteiger partial charge is 0.0702 e. The lowest BCUT2D eigenvalue weighted by molar-refractivity contribution is 0.211. The highest BCUT2D eigenvalue weighted by Gasteiger charge is 2.37. The Morgan fingerprint density at radius 3 is 2.40 bits per heavy atom. The summed E-state index contributed by atoms with van der Waals surface area (Å²) in [4.78, 5) is 5.02. The zero-order valence-corrected chi connectivity index (χ0v) is 12.8. The molecule has 1 aromatic rings. The van der Waals surface area contributed by atoms with Gasteiger partial charge in [-0.05, 0) is 37.4 Å². The summed E-state index contributed by atoms with van der Waals surface area (Å²) in [6.07, 6.45) is 2.63. The van der Waals surface area contributed by atoms with Crippen LogP contribution in [0.5, 0.6) is 0 Å². The van der Waals surface area contributed by atoms with E-state index in [2.05, 4.69) is 48.9 Å². The lowest BCUT2D eigenvalue weighted by Crippen LogP contribution is -2.52. The Bertz CT molecular complexity index is 472. The van der Waals surface area contributed by atoms with Gasteiger partial charge in [0.15, 0.2) is 0 Å². The molecule has 3 heteroatoms. The van der Waals surface area contributed by atoms with Gasteiger partial charge >= 0.3 is 0 Å². The summed E-state index contributed by atoms with van der Waals surface area (Å²) in [5.41, 5.74) is 3.64. The molecule has 1 aromatic carbocycles. The number of nitrogens with zero attached hydrogens (tertiary/aromatic N) is 2. The summed E-state index contributed by atoms with van der Waals surface area (Å²) < 4.78 is 0. The minimum absolute atomic E-state index is 0.136. The molecule has 0 spiro atoms. The third kappa shape index (κ3) is 2.33. The standard InChI is InChI=1S/C17H26N2O/c1-12(2)13-4-7-17(14(8-13)11-20)19-9-15-5-6-16(10-19)18(15)3/h4,7-8,12,15-16,20H,5-6,9-11H2,1-3H3. The van der Waals surface area contributed by atoms with Crippen LogP contribution < -0.4 is 4.90 Å². The maximum Gasteiger partial charge on any atom is 0.0702 e. The summed E-state index contributed by atoms with van der Waals surface area (Å²) >= 11 is 0. The van der Waals surface area contributed by atoms with Crippen LogP contribution in [0.15, 0.2) is 18.2 Å². The van der Waals surface area contributed by atoms with Crippen molar-refractivity contribution in [3.63, 3.8) is 0 Å². The minimum Gasteiger partial charge on any atom is -0.392 e. The maximum absolute atomic E-state index is 9.72. The van der Waals surface area contributed by atoms with Gasteiger partial charge in [0.05, 0.1) is 6.61 Å². The first-order chi connectivity index (χ1) is 9.60. The minimum atomic E-state index is 0.136. The van der Waals surface area contributed by atoms with Crippen molar-refractivity contribution in [3.8, 4) is 0 Å².